The molecule has 0 amide bonds. The molecule has 1 N–H and O–H groups in total. The molecule has 1 atom stereocenters. The van der Waals surface area contributed by atoms with E-state index >= 15 is 0 Å². The molecule has 2 rings (SSSR count). The van der Waals surface area contributed by atoms with Gasteiger partial charge in [0.25, 0.3) is 0 Å². The third-order valence-electron chi connectivity index (χ3n) is 3.06. The number of rotatable bonds is 4. The van der Waals surface area contributed by atoms with Crippen molar-refractivity contribution in [3.63, 3.8) is 0 Å². The molecule has 0 fully saturated rings. The highest BCUT2D eigenvalue weighted by Crippen LogP contribution is 2.24. The topological polar surface area (TPSA) is 37.8 Å². The van der Waals surface area contributed by atoms with Gasteiger partial charge in [-0.1, -0.05) is 26.8 Å². The molecule has 0 saturated carbocycles. The molecule has 19 heavy (non-hydrogen) atoms. The molecule has 0 saturated heterocycles. The van der Waals surface area contributed by atoms with Crippen molar-refractivity contribution in [3.05, 3.63) is 46.2 Å². The van der Waals surface area contributed by atoms with Gasteiger partial charge in [0.15, 0.2) is 0 Å². The summed E-state index contributed by atoms with van der Waals surface area (Å²) in [7, 11) is 0. The SMILES string of the molecule is C[C@H](NCc1nc(C(C)(C)C)cs1)c1cccnc1. The molecule has 0 aliphatic rings. The Labute approximate surface area is 119 Å². The van der Waals surface area contributed by atoms with Crippen molar-refractivity contribution in [3.8, 4) is 0 Å². The van der Waals surface area contributed by atoms with E-state index in [9.17, 15) is 0 Å². The normalized spacial score (nSPS) is 13.5. The summed E-state index contributed by atoms with van der Waals surface area (Å²) in [4.78, 5) is 8.83. The molecule has 0 bridgehead atoms. The number of nitrogens with one attached hydrogen (secondary N) is 1. The summed E-state index contributed by atoms with van der Waals surface area (Å²) in [6.45, 7) is 9.53. The number of aromatic nitrogens is 2. The third-order valence-corrected chi connectivity index (χ3v) is 3.91. The highest BCUT2D eigenvalue weighted by Gasteiger charge is 2.17. The first-order chi connectivity index (χ1) is 8.97. The zero-order valence-corrected chi connectivity index (χ0v) is 12.8. The second kappa shape index (κ2) is 5.80. The van der Waals surface area contributed by atoms with Crippen LogP contribution in [0.2, 0.25) is 0 Å². The maximum atomic E-state index is 4.69. The van der Waals surface area contributed by atoms with E-state index in [4.69, 9.17) is 0 Å². The summed E-state index contributed by atoms with van der Waals surface area (Å²) in [5, 5.41) is 6.79. The predicted molar refractivity (Wildman–Crippen MR) is 80.3 cm³/mol. The summed E-state index contributed by atoms with van der Waals surface area (Å²) in [6, 6.07) is 4.34. The number of hydrogen-bond donors (Lipinski definition) is 1. The first kappa shape index (κ1) is 14.2. The van der Waals surface area contributed by atoms with E-state index in [-0.39, 0.29) is 11.5 Å². The van der Waals surface area contributed by atoms with Gasteiger partial charge in [0, 0.05) is 35.8 Å². The number of hydrogen-bond acceptors (Lipinski definition) is 4. The first-order valence-electron chi connectivity index (χ1n) is 6.55. The molecule has 0 aromatic carbocycles. The smallest absolute Gasteiger partial charge is 0.107 e. The Morgan fingerprint density at radius 1 is 1.37 bits per heavy atom. The Morgan fingerprint density at radius 2 is 2.16 bits per heavy atom. The summed E-state index contributed by atoms with van der Waals surface area (Å²) < 4.78 is 0. The van der Waals surface area contributed by atoms with E-state index < -0.39 is 0 Å². The van der Waals surface area contributed by atoms with Crippen LogP contribution in [0, 0.1) is 0 Å². The van der Waals surface area contributed by atoms with Gasteiger partial charge in [0.2, 0.25) is 0 Å². The average molecular weight is 275 g/mol. The van der Waals surface area contributed by atoms with Crippen LogP contribution in [0.3, 0.4) is 0 Å². The lowest BCUT2D eigenvalue weighted by Crippen LogP contribution is -2.18. The van der Waals surface area contributed by atoms with Gasteiger partial charge < -0.3 is 5.32 Å². The molecule has 0 aliphatic heterocycles. The number of thiazole rings is 1. The fraction of sp³-hybridized carbons (Fsp3) is 0.467. The van der Waals surface area contributed by atoms with Crippen LogP contribution in [0.4, 0.5) is 0 Å². The van der Waals surface area contributed by atoms with Crippen LogP contribution in [0.15, 0.2) is 29.9 Å². The van der Waals surface area contributed by atoms with Gasteiger partial charge in [-0.25, -0.2) is 4.98 Å². The van der Waals surface area contributed by atoms with Crippen LogP contribution in [0.25, 0.3) is 0 Å². The summed E-state index contributed by atoms with van der Waals surface area (Å²) >= 11 is 1.72. The monoisotopic (exact) mass is 275 g/mol. The minimum Gasteiger partial charge on any atom is -0.304 e. The van der Waals surface area contributed by atoms with Gasteiger partial charge >= 0.3 is 0 Å². The van der Waals surface area contributed by atoms with Gasteiger partial charge in [0.05, 0.1) is 5.69 Å². The largest absolute Gasteiger partial charge is 0.304 e. The van der Waals surface area contributed by atoms with E-state index in [1.165, 1.54) is 11.3 Å². The Hall–Kier alpha value is -1.26. The highest BCUT2D eigenvalue weighted by atomic mass is 32.1. The van der Waals surface area contributed by atoms with E-state index in [2.05, 4.69) is 54.4 Å². The van der Waals surface area contributed by atoms with Crippen molar-refractivity contribution >= 4 is 11.3 Å². The van der Waals surface area contributed by atoms with Gasteiger partial charge in [-0.15, -0.1) is 11.3 Å². The van der Waals surface area contributed by atoms with Crippen LogP contribution < -0.4 is 5.32 Å². The van der Waals surface area contributed by atoms with Crippen LogP contribution in [0.1, 0.15) is 50.0 Å². The quantitative estimate of drug-likeness (QED) is 0.925. The fourth-order valence-electron chi connectivity index (χ4n) is 1.73. The third kappa shape index (κ3) is 3.85. The van der Waals surface area contributed by atoms with Crippen LogP contribution >= 0.6 is 11.3 Å². The Bertz CT molecular complexity index is 514. The predicted octanol–water partition coefficient (Wildman–Crippen LogP) is 3.69. The van der Waals surface area contributed by atoms with Crippen molar-refractivity contribution in [2.75, 3.05) is 0 Å². The Balaban J connectivity index is 1.94. The minimum absolute atomic E-state index is 0.129. The van der Waals surface area contributed by atoms with Crippen molar-refractivity contribution < 1.29 is 0 Å². The zero-order chi connectivity index (χ0) is 13.9. The van der Waals surface area contributed by atoms with Crippen molar-refractivity contribution in [1.29, 1.82) is 0 Å². The second-order valence-corrected chi connectivity index (χ2v) is 6.71. The molecular formula is C15H21N3S. The molecule has 0 radical (unpaired) electrons. The summed E-state index contributed by atoms with van der Waals surface area (Å²) in [6.07, 6.45) is 3.70. The highest BCUT2D eigenvalue weighted by molar-refractivity contribution is 7.09. The molecule has 3 nitrogen and oxygen atoms in total. The average Bonchev–Trinajstić information content (AvgIpc) is 2.86. The standard InChI is InChI=1S/C15H21N3S/c1-11(12-6-5-7-16-8-12)17-9-14-18-13(10-19-14)15(2,3)4/h5-8,10-11,17H,9H2,1-4H3/t11-/m0/s1. The van der Waals surface area contributed by atoms with E-state index in [1.807, 2.05) is 12.3 Å². The molecule has 2 aromatic rings. The maximum absolute atomic E-state index is 4.69. The maximum Gasteiger partial charge on any atom is 0.107 e. The lowest BCUT2D eigenvalue weighted by molar-refractivity contribution is 0.553. The van der Waals surface area contributed by atoms with Crippen molar-refractivity contribution in [1.82, 2.24) is 15.3 Å². The van der Waals surface area contributed by atoms with Crippen molar-refractivity contribution in [2.24, 2.45) is 0 Å². The number of pyridine rings is 1. The van der Waals surface area contributed by atoms with Gasteiger partial charge in [-0.3, -0.25) is 4.98 Å². The van der Waals surface area contributed by atoms with Gasteiger partial charge in [-0.2, -0.15) is 0 Å². The fourth-order valence-corrected chi connectivity index (χ4v) is 2.70. The van der Waals surface area contributed by atoms with E-state index in [0.717, 1.165) is 11.6 Å². The van der Waals surface area contributed by atoms with Gasteiger partial charge in [0.1, 0.15) is 5.01 Å². The Morgan fingerprint density at radius 3 is 2.74 bits per heavy atom. The minimum atomic E-state index is 0.129. The summed E-state index contributed by atoms with van der Waals surface area (Å²) in [5.74, 6) is 0. The Kier molecular flexibility index (Phi) is 4.32. The second-order valence-electron chi connectivity index (χ2n) is 5.77. The zero-order valence-electron chi connectivity index (χ0n) is 12.0. The molecule has 0 aliphatic carbocycles. The molecule has 102 valence electrons. The van der Waals surface area contributed by atoms with Crippen LogP contribution in [-0.4, -0.2) is 9.97 Å². The van der Waals surface area contributed by atoms with E-state index in [0.29, 0.717) is 0 Å². The first-order valence-corrected chi connectivity index (χ1v) is 7.43. The van der Waals surface area contributed by atoms with E-state index in [1.54, 1.807) is 17.5 Å². The molecular weight excluding hydrogens is 254 g/mol. The molecule has 4 heteroatoms. The van der Waals surface area contributed by atoms with Gasteiger partial charge in [-0.05, 0) is 18.6 Å². The van der Waals surface area contributed by atoms with Crippen molar-refractivity contribution in [2.45, 2.75) is 45.7 Å². The lowest BCUT2D eigenvalue weighted by Gasteiger charge is -2.15. The molecule has 0 spiro atoms. The summed E-state index contributed by atoms with van der Waals surface area (Å²) in [5.41, 5.74) is 2.50. The number of nitrogens with zero attached hydrogens (tertiary/aromatic N) is 2. The lowest BCUT2D eigenvalue weighted by atomic mass is 9.93. The molecule has 2 heterocycles. The molecule has 0 unspecified atom stereocenters. The van der Waals surface area contributed by atoms with Crippen LogP contribution in [0.5, 0.6) is 0 Å². The van der Waals surface area contributed by atoms with Crippen LogP contribution in [-0.2, 0) is 12.0 Å². The molecule has 2 aromatic heterocycles.